The average Bonchev–Trinajstić information content (AvgIpc) is 3.23. The highest BCUT2D eigenvalue weighted by atomic mass is 16.7. The summed E-state index contributed by atoms with van der Waals surface area (Å²) in [6, 6.07) is 41.1. The maximum atomic E-state index is 13.1. The molecule has 9 heteroatoms. The number of carbonyl (C=O) groups excluding carboxylic acids is 1. The Bertz CT molecular complexity index is 2160. The number of para-hydroxylation sites is 2. The second-order valence-corrected chi connectivity index (χ2v) is 14.1. The van der Waals surface area contributed by atoms with Crippen LogP contribution in [0.15, 0.2) is 134 Å². The normalized spacial score (nSPS) is 19.7. The molecule has 9 nitrogen and oxygen atoms in total. The van der Waals surface area contributed by atoms with Crippen molar-refractivity contribution in [3.8, 4) is 11.1 Å². The van der Waals surface area contributed by atoms with Crippen LogP contribution in [-0.2, 0) is 22.6 Å². The van der Waals surface area contributed by atoms with Crippen LogP contribution < -0.4 is 5.32 Å². The molecule has 7 rings (SSSR count). The van der Waals surface area contributed by atoms with Gasteiger partial charge in [0.25, 0.3) is 5.91 Å². The third-order valence-electron chi connectivity index (χ3n) is 10.5. The molecule has 1 amide bonds. The summed E-state index contributed by atoms with van der Waals surface area (Å²) < 4.78 is 13.5. The van der Waals surface area contributed by atoms with Crippen molar-refractivity contribution in [3.63, 3.8) is 0 Å². The van der Waals surface area contributed by atoms with E-state index in [1.807, 2.05) is 129 Å². The number of fused-ring (bicyclic) bond motifs is 1. The molecule has 0 saturated carbocycles. The molecule has 1 fully saturated rings. The van der Waals surface area contributed by atoms with Crippen LogP contribution in [0.25, 0.3) is 22.2 Å². The third kappa shape index (κ3) is 8.26. The Morgan fingerprint density at radius 2 is 1.50 bits per heavy atom. The zero-order valence-corrected chi connectivity index (χ0v) is 30.7. The van der Waals surface area contributed by atoms with Crippen LogP contribution >= 0.6 is 0 Å². The van der Waals surface area contributed by atoms with Gasteiger partial charge >= 0.3 is 0 Å². The first kappa shape index (κ1) is 37.0. The summed E-state index contributed by atoms with van der Waals surface area (Å²) in [6.07, 6.45) is -0.258. The van der Waals surface area contributed by atoms with Gasteiger partial charge < -0.3 is 25.0 Å². The van der Waals surface area contributed by atoms with E-state index in [9.17, 15) is 15.0 Å². The van der Waals surface area contributed by atoms with Crippen LogP contribution in [0.5, 0.6) is 0 Å². The molecule has 3 N–H and O–H groups in total. The monoisotopic (exact) mass is 722 g/mol. The lowest BCUT2D eigenvalue weighted by Gasteiger charge is -2.43. The maximum absolute atomic E-state index is 13.1. The lowest BCUT2D eigenvalue weighted by molar-refractivity contribution is -0.276. The van der Waals surface area contributed by atoms with Crippen LogP contribution in [-0.4, -0.2) is 56.7 Å². The van der Waals surface area contributed by atoms with Gasteiger partial charge in [-0.3, -0.25) is 14.7 Å². The van der Waals surface area contributed by atoms with E-state index in [-0.39, 0.29) is 42.4 Å². The van der Waals surface area contributed by atoms with E-state index in [4.69, 9.17) is 9.47 Å². The molecule has 6 aromatic rings. The van der Waals surface area contributed by atoms with Crippen molar-refractivity contribution in [2.24, 2.45) is 5.92 Å². The summed E-state index contributed by atoms with van der Waals surface area (Å²) in [5, 5.41) is 23.9. The summed E-state index contributed by atoms with van der Waals surface area (Å²) in [7, 11) is 2.02. The second-order valence-electron chi connectivity index (χ2n) is 14.1. The number of aromatic nitrogens is 2. The standard InChI is InChI=1S/C45H46N4O5/c1-29-41(27-49(3)30(2)42(51)33-11-5-4-6-12-33)53-45(54-43(29)34-19-17-31(28-50)18-20-34)35-23-21-32(22-24-35)37-14-8-7-13-36(37)25-47-44(52)40-26-46-38-15-9-10-16-39(38)48-40/h4-24,26,29-30,41-43,45,50-51H,25,27-28H2,1-3H3,(H,47,52)/t29-,30+,41+,42+,43+,45+/m0/s1. The Balaban J connectivity index is 1.09. The van der Waals surface area contributed by atoms with Crippen molar-refractivity contribution in [2.45, 2.75) is 57.6 Å². The number of benzene rings is 5. The molecule has 54 heavy (non-hydrogen) atoms. The van der Waals surface area contributed by atoms with Crippen molar-refractivity contribution in [2.75, 3.05) is 13.6 Å². The summed E-state index contributed by atoms with van der Waals surface area (Å²) in [4.78, 5) is 24.1. The molecule has 1 aliphatic rings. The van der Waals surface area contributed by atoms with E-state index in [2.05, 4.69) is 39.2 Å². The van der Waals surface area contributed by atoms with Crippen molar-refractivity contribution >= 4 is 16.9 Å². The molecule has 0 aliphatic carbocycles. The van der Waals surface area contributed by atoms with Crippen molar-refractivity contribution in [1.82, 2.24) is 20.2 Å². The molecule has 1 aliphatic heterocycles. The highest BCUT2D eigenvalue weighted by Crippen LogP contribution is 2.42. The predicted molar refractivity (Wildman–Crippen MR) is 209 cm³/mol. The molecule has 6 atom stereocenters. The van der Waals surface area contributed by atoms with Crippen molar-refractivity contribution in [3.05, 3.63) is 167 Å². The van der Waals surface area contributed by atoms with E-state index in [0.29, 0.717) is 18.6 Å². The topological polar surface area (TPSA) is 117 Å². The molecule has 0 unspecified atom stereocenters. The summed E-state index contributed by atoms with van der Waals surface area (Å²) in [6.45, 7) is 5.05. The first-order valence-corrected chi connectivity index (χ1v) is 18.4. The number of likely N-dealkylation sites (N-methyl/N-ethyl adjacent to an activating group) is 1. The summed E-state index contributed by atoms with van der Waals surface area (Å²) in [5.74, 6) is -0.296. The number of carbonyl (C=O) groups is 1. The van der Waals surface area contributed by atoms with Gasteiger partial charge in [0.2, 0.25) is 0 Å². The number of nitrogens with zero attached hydrogens (tertiary/aromatic N) is 3. The minimum Gasteiger partial charge on any atom is -0.392 e. The van der Waals surface area contributed by atoms with Gasteiger partial charge in [-0.15, -0.1) is 0 Å². The fourth-order valence-electron chi connectivity index (χ4n) is 7.06. The lowest BCUT2D eigenvalue weighted by atomic mass is 9.89. The first-order valence-electron chi connectivity index (χ1n) is 18.4. The van der Waals surface area contributed by atoms with Gasteiger partial charge in [-0.2, -0.15) is 0 Å². The zero-order valence-electron chi connectivity index (χ0n) is 30.7. The number of ether oxygens (including phenoxy) is 2. The molecular formula is C45H46N4O5. The number of hydrogen-bond donors (Lipinski definition) is 3. The zero-order chi connectivity index (χ0) is 37.6. The van der Waals surface area contributed by atoms with Crippen LogP contribution in [0, 0.1) is 5.92 Å². The Hall–Kier alpha value is -5.29. The van der Waals surface area contributed by atoms with Gasteiger partial charge in [0.15, 0.2) is 6.29 Å². The van der Waals surface area contributed by atoms with Crippen LogP contribution in [0.1, 0.15) is 70.7 Å². The largest absolute Gasteiger partial charge is 0.392 e. The summed E-state index contributed by atoms with van der Waals surface area (Å²) in [5.41, 5.74) is 8.26. The molecule has 1 aromatic heterocycles. The quantitative estimate of drug-likeness (QED) is 0.119. The number of hydrogen-bond acceptors (Lipinski definition) is 8. The maximum Gasteiger partial charge on any atom is 0.271 e. The fraction of sp³-hybridized carbons (Fsp3) is 0.267. The fourth-order valence-corrected chi connectivity index (χ4v) is 7.06. The molecule has 276 valence electrons. The van der Waals surface area contributed by atoms with Gasteiger partial charge in [-0.1, -0.05) is 122 Å². The number of amides is 1. The lowest BCUT2D eigenvalue weighted by Crippen LogP contribution is -2.46. The minimum atomic E-state index is -0.653. The highest BCUT2D eigenvalue weighted by Gasteiger charge is 2.39. The molecule has 0 spiro atoms. The molecule has 0 radical (unpaired) electrons. The van der Waals surface area contributed by atoms with E-state index < -0.39 is 12.4 Å². The Labute approximate surface area is 316 Å². The number of aliphatic hydroxyl groups excluding tert-OH is 2. The Morgan fingerprint density at radius 1 is 0.833 bits per heavy atom. The first-order chi connectivity index (χ1) is 26.3. The third-order valence-corrected chi connectivity index (χ3v) is 10.5. The second kappa shape index (κ2) is 16.8. The van der Waals surface area contributed by atoms with Crippen LogP contribution in [0.2, 0.25) is 0 Å². The minimum absolute atomic E-state index is 0.00769. The number of nitrogens with one attached hydrogen (secondary N) is 1. The number of rotatable bonds is 12. The number of aliphatic hydroxyl groups is 2. The Morgan fingerprint density at radius 3 is 2.24 bits per heavy atom. The smallest absolute Gasteiger partial charge is 0.271 e. The molecule has 0 bridgehead atoms. The van der Waals surface area contributed by atoms with Gasteiger partial charge in [0.05, 0.1) is 42.1 Å². The van der Waals surface area contributed by atoms with Crippen LogP contribution in [0.3, 0.4) is 0 Å². The molecule has 2 heterocycles. The molecule has 5 aromatic carbocycles. The van der Waals surface area contributed by atoms with Gasteiger partial charge in [-0.05, 0) is 59.5 Å². The van der Waals surface area contributed by atoms with Crippen LogP contribution in [0.4, 0.5) is 0 Å². The van der Waals surface area contributed by atoms with E-state index >= 15 is 0 Å². The average molecular weight is 723 g/mol. The molecular weight excluding hydrogens is 677 g/mol. The highest BCUT2D eigenvalue weighted by molar-refractivity contribution is 5.93. The van der Waals surface area contributed by atoms with Crippen molar-refractivity contribution in [1.29, 1.82) is 0 Å². The van der Waals surface area contributed by atoms with Crippen molar-refractivity contribution < 1.29 is 24.5 Å². The Kier molecular flexibility index (Phi) is 11.5. The van der Waals surface area contributed by atoms with E-state index in [1.165, 1.54) is 6.20 Å². The molecule has 1 saturated heterocycles. The SMILES string of the molecule is C[C@H]1[C@@H](CN(C)[C@H](C)[C@@H](O)c2ccccc2)O[C@@H](c2ccc(-c3ccccc3CNC(=O)c3cnc4ccccc4n3)cc2)O[C@H]1c1ccc(CO)cc1. The van der Waals surface area contributed by atoms with Gasteiger partial charge in [0.1, 0.15) is 5.69 Å². The van der Waals surface area contributed by atoms with Gasteiger partial charge in [0, 0.05) is 30.6 Å². The summed E-state index contributed by atoms with van der Waals surface area (Å²) >= 11 is 0. The predicted octanol–water partition coefficient (Wildman–Crippen LogP) is 7.56. The van der Waals surface area contributed by atoms with E-state index in [1.54, 1.807) is 0 Å². The van der Waals surface area contributed by atoms with Gasteiger partial charge in [-0.25, -0.2) is 4.98 Å². The van der Waals surface area contributed by atoms with E-state index in [0.717, 1.165) is 44.5 Å².